The highest BCUT2D eigenvalue weighted by atomic mass is 16.1. The molecule has 1 amide bonds. The van der Waals surface area contributed by atoms with Gasteiger partial charge in [0.1, 0.15) is 0 Å². The molecule has 2 fully saturated rings. The molecular weight excluding hydrogens is 260 g/mol. The first-order valence-corrected chi connectivity index (χ1v) is 7.93. The predicted octanol–water partition coefficient (Wildman–Crippen LogP) is 3.64. The summed E-state index contributed by atoms with van der Waals surface area (Å²) in [5.74, 6) is 1.28. The van der Waals surface area contributed by atoms with Crippen LogP contribution in [0.3, 0.4) is 0 Å². The van der Waals surface area contributed by atoms with Gasteiger partial charge in [0.25, 0.3) is 5.91 Å². The molecule has 108 valence electrons. The van der Waals surface area contributed by atoms with E-state index in [0.717, 1.165) is 22.2 Å². The van der Waals surface area contributed by atoms with Gasteiger partial charge in [0.2, 0.25) is 0 Å². The lowest BCUT2D eigenvalue weighted by molar-refractivity contribution is 0.0937. The number of amides is 1. The Hall–Kier alpha value is -1.90. The Morgan fingerprint density at radius 3 is 2.71 bits per heavy atom. The summed E-state index contributed by atoms with van der Waals surface area (Å²) in [7, 11) is 0. The molecule has 21 heavy (non-hydrogen) atoms. The number of nitrogens with one attached hydrogen (secondary N) is 1. The van der Waals surface area contributed by atoms with E-state index in [9.17, 15) is 4.79 Å². The molecule has 2 aliphatic carbocycles. The number of hydrogen-bond donors (Lipinski definition) is 1. The van der Waals surface area contributed by atoms with Gasteiger partial charge in [-0.25, -0.2) is 0 Å². The van der Waals surface area contributed by atoms with Crippen LogP contribution in [0.4, 0.5) is 0 Å². The Morgan fingerprint density at radius 1 is 1.24 bits per heavy atom. The van der Waals surface area contributed by atoms with Crippen molar-refractivity contribution in [3.05, 3.63) is 41.6 Å². The van der Waals surface area contributed by atoms with Crippen molar-refractivity contribution >= 4 is 16.8 Å². The predicted molar refractivity (Wildman–Crippen MR) is 83.4 cm³/mol. The molecule has 1 aromatic carbocycles. The molecule has 1 aromatic heterocycles. The summed E-state index contributed by atoms with van der Waals surface area (Å²) in [4.78, 5) is 17.4. The van der Waals surface area contributed by atoms with Crippen molar-refractivity contribution in [2.45, 2.75) is 44.6 Å². The number of carbonyl (C=O) groups excluding carboxylic acids is 1. The Kier molecular flexibility index (Phi) is 2.95. The van der Waals surface area contributed by atoms with E-state index < -0.39 is 0 Å². The van der Waals surface area contributed by atoms with Crippen molar-refractivity contribution in [3.63, 3.8) is 0 Å². The second kappa shape index (κ2) is 4.83. The highest BCUT2D eigenvalue weighted by Gasteiger charge is 2.30. The number of aromatic nitrogens is 1. The summed E-state index contributed by atoms with van der Waals surface area (Å²) in [5.41, 5.74) is 2.80. The molecule has 4 rings (SSSR count). The first-order valence-electron chi connectivity index (χ1n) is 7.93. The van der Waals surface area contributed by atoms with E-state index in [-0.39, 0.29) is 11.9 Å². The summed E-state index contributed by atoms with van der Waals surface area (Å²) in [6.45, 7) is 2.11. The molecule has 0 bridgehead atoms. The molecule has 0 aliphatic heterocycles. The van der Waals surface area contributed by atoms with Crippen LogP contribution in [0.25, 0.3) is 10.9 Å². The summed E-state index contributed by atoms with van der Waals surface area (Å²) < 4.78 is 0. The van der Waals surface area contributed by atoms with Gasteiger partial charge in [-0.3, -0.25) is 9.78 Å². The Labute approximate surface area is 124 Å². The number of fused-ring (bicyclic) bond motifs is 1. The number of rotatable bonds is 4. The van der Waals surface area contributed by atoms with Gasteiger partial charge < -0.3 is 5.32 Å². The van der Waals surface area contributed by atoms with Gasteiger partial charge in [0.15, 0.2) is 0 Å². The van der Waals surface area contributed by atoms with Crippen LogP contribution in [-0.4, -0.2) is 16.9 Å². The van der Waals surface area contributed by atoms with Gasteiger partial charge in [0, 0.05) is 23.0 Å². The molecule has 1 unspecified atom stereocenters. The fourth-order valence-corrected chi connectivity index (χ4v) is 2.97. The largest absolute Gasteiger partial charge is 0.349 e. The maximum atomic E-state index is 12.7. The molecule has 1 N–H and O–H groups in total. The Balaban J connectivity index is 1.72. The van der Waals surface area contributed by atoms with E-state index in [0.29, 0.717) is 11.8 Å². The minimum Gasteiger partial charge on any atom is -0.349 e. The summed E-state index contributed by atoms with van der Waals surface area (Å²) in [5, 5.41) is 4.13. The van der Waals surface area contributed by atoms with Crippen LogP contribution in [0.15, 0.2) is 30.3 Å². The number of carbonyl (C=O) groups is 1. The minimum atomic E-state index is 0.0508. The quantitative estimate of drug-likeness (QED) is 0.929. The third-order valence-corrected chi connectivity index (χ3v) is 4.66. The Bertz CT molecular complexity index is 701. The van der Waals surface area contributed by atoms with Crippen LogP contribution in [0.5, 0.6) is 0 Å². The monoisotopic (exact) mass is 280 g/mol. The molecule has 0 radical (unpaired) electrons. The molecule has 2 aliphatic rings. The number of hydrogen-bond acceptors (Lipinski definition) is 2. The highest BCUT2D eigenvalue weighted by molar-refractivity contribution is 6.06. The summed E-state index contributed by atoms with van der Waals surface area (Å²) in [6, 6.07) is 10.2. The van der Waals surface area contributed by atoms with Gasteiger partial charge in [-0.2, -0.15) is 0 Å². The van der Waals surface area contributed by atoms with Gasteiger partial charge in [-0.15, -0.1) is 0 Å². The van der Waals surface area contributed by atoms with Crippen LogP contribution in [0.2, 0.25) is 0 Å². The average Bonchev–Trinajstić information content (AvgIpc) is 3.38. The maximum Gasteiger partial charge on any atom is 0.252 e. The van der Waals surface area contributed by atoms with Crippen molar-refractivity contribution in [1.82, 2.24) is 10.3 Å². The molecule has 0 saturated heterocycles. The number of benzene rings is 1. The third-order valence-electron chi connectivity index (χ3n) is 4.66. The molecule has 2 aromatic rings. The highest BCUT2D eigenvalue weighted by Crippen LogP contribution is 2.40. The first kappa shape index (κ1) is 12.8. The third kappa shape index (κ3) is 2.53. The summed E-state index contributed by atoms with van der Waals surface area (Å²) >= 11 is 0. The standard InChI is InChI=1S/C18H20N2O/c1-11(12-6-7-12)19-18(21)15-10-17(13-8-9-13)20-16-5-3-2-4-14(15)16/h2-5,10-13H,6-9H2,1H3,(H,19,21). The average molecular weight is 280 g/mol. The smallest absolute Gasteiger partial charge is 0.252 e. The van der Waals surface area contributed by atoms with Gasteiger partial charge in [0.05, 0.1) is 11.1 Å². The lowest BCUT2D eigenvalue weighted by Gasteiger charge is -2.14. The van der Waals surface area contributed by atoms with Crippen LogP contribution in [0, 0.1) is 5.92 Å². The molecule has 1 heterocycles. The van der Waals surface area contributed by atoms with Crippen LogP contribution in [-0.2, 0) is 0 Å². The lowest BCUT2D eigenvalue weighted by atomic mass is 10.0. The van der Waals surface area contributed by atoms with Crippen molar-refractivity contribution < 1.29 is 4.79 Å². The van der Waals surface area contributed by atoms with E-state index in [1.54, 1.807) is 0 Å². The molecule has 0 spiro atoms. The number of para-hydroxylation sites is 1. The van der Waals surface area contributed by atoms with E-state index in [1.165, 1.54) is 25.7 Å². The zero-order valence-corrected chi connectivity index (χ0v) is 12.3. The van der Waals surface area contributed by atoms with Crippen LogP contribution < -0.4 is 5.32 Å². The van der Waals surface area contributed by atoms with E-state index >= 15 is 0 Å². The lowest BCUT2D eigenvalue weighted by Crippen LogP contribution is -2.34. The van der Waals surface area contributed by atoms with Crippen molar-refractivity contribution in [1.29, 1.82) is 0 Å². The van der Waals surface area contributed by atoms with Crippen molar-refractivity contribution in [2.75, 3.05) is 0 Å². The second-order valence-electron chi connectivity index (χ2n) is 6.49. The molecule has 2 saturated carbocycles. The van der Waals surface area contributed by atoms with Gasteiger partial charge >= 0.3 is 0 Å². The van der Waals surface area contributed by atoms with E-state index in [4.69, 9.17) is 4.98 Å². The first-order chi connectivity index (χ1) is 10.2. The molecule has 1 atom stereocenters. The molecule has 3 heteroatoms. The van der Waals surface area contributed by atoms with Crippen molar-refractivity contribution in [3.8, 4) is 0 Å². The zero-order chi connectivity index (χ0) is 14.4. The van der Waals surface area contributed by atoms with Gasteiger partial charge in [-0.1, -0.05) is 18.2 Å². The van der Waals surface area contributed by atoms with Crippen molar-refractivity contribution in [2.24, 2.45) is 5.92 Å². The fraction of sp³-hybridized carbons (Fsp3) is 0.444. The van der Waals surface area contributed by atoms with Gasteiger partial charge in [-0.05, 0) is 50.7 Å². The van der Waals surface area contributed by atoms with E-state index in [1.807, 2.05) is 30.3 Å². The van der Waals surface area contributed by atoms with Crippen LogP contribution >= 0.6 is 0 Å². The van der Waals surface area contributed by atoms with E-state index in [2.05, 4.69) is 12.2 Å². The minimum absolute atomic E-state index is 0.0508. The van der Waals surface area contributed by atoms with Crippen LogP contribution in [0.1, 0.15) is 54.6 Å². The molecular formula is C18H20N2O. The number of pyridine rings is 1. The maximum absolute atomic E-state index is 12.7. The zero-order valence-electron chi connectivity index (χ0n) is 12.3. The Morgan fingerprint density at radius 2 is 2.00 bits per heavy atom. The normalized spacial score (nSPS) is 19.5. The molecule has 3 nitrogen and oxygen atoms in total. The number of nitrogens with zero attached hydrogens (tertiary/aromatic N) is 1. The topological polar surface area (TPSA) is 42.0 Å². The second-order valence-corrected chi connectivity index (χ2v) is 6.49. The summed E-state index contributed by atoms with van der Waals surface area (Å²) in [6.07, 6.45) is 4.88. The SMILES string of the molecule is CC(NC(=O)c1cc(C2CC2)nc2ccccc12)C1CC1. The fourth-order valence-electron chi connectivity index (χ4n) is 2.97.